The molecule has 2 amide bonds. The lowest BCUT2D eigenvalue weighted by Gasteiger charge is -2.45. The van der Waals surface area contributed by atoms with Gasteiger partial charge < -0.3 is 14.9 Å². The number of amides is 2. The predicted octanol–water partition coefficient (Wildman–Crippen LogP) is 1.07. The van der Waals surface area contributed by atoms with Crippen LogP contribution in [-0.2, 0) is 4.79 Å². The van der Waals surface area contributed by atoms with Crippen LogP contribution in [0.3, 0.4) is 0 Å². The molecule has 6 heteroatoms. The summed E-state index contributed by atoms with van der Waals surface area (Å²) >= 11 is 0. The number of piperazine rings is 1. The molecule has 0 aliphatic carbocycles. The van der Waals surface area contributed by atoms with Gasteiger partial charge in [-0.2, -0.15) is 0 Å². The average molecular weight is 295 g/mol. The molecule has 3 aliphatic rings. The number of hydrogen-bond donors (Lipinski definition) is 1. The first-order chi connectivity index (χ1) is 10.1. The Kier molecular flexibility index (Phi) is 4.06. The van der Waals surface area contributed by atoms with Gasteiger partial charge in [-0.1, -0.05) is 0 Å². The Morgan fingerprint density at radius 3 is 2.57 bits per heavy atom. The van der Waals surface area contributed by atoms with Gasteiger partial charge in [0.25, 0.3) is 0 Å². The van der Waals surface area contributed by atoms with E-state index in [0.717, 1.165) is 26.1 Å². The fraction of sp³-hybridized carbons (Fsp3) is 0.867. The summed E-state index contributed by atoms with van der Waals surface area (Å²) in [5.41, 5.74) is 0. The van der Waals surface area contributed by atoms with Crippen molar-refractivity contribution in [2.24, 2.45) is 5.92 Å². The highest BCUT2D eigenvalue weighted by molar-refractivity contribution is 5.77. The number of carbonyl (C=O) groups excluding carboxylic acids is 1. The quantitative estimate of drug-likeness (QED) is 0.786. The standard InChI is InChI=1S/C15H25N3O3/c1-11-8-16-6-3-5-13(16)10-18(11)15(21)17-7-2-4-12(9-17)14(19)20/h11-13H,2-10H2,1H3,(H,19,20)/t11?,12-,13?/m1/s1. The van der Waals surface area contributed by atoms with E-state index in [1.807, 2.05) is 4.90 Å². The van der Waals surface area contributed by atoms with E-state index >= 15 is 0 Å². The minimum atomic E-state index is -0.777. The third kappa shape index (κ3) is 2.86. The molecule has 3 saturated heterocycles. The molecule has 0 bridgehead atoms. The summed E-state index contributed by atoms with van der Waals surface area (Å²) in [5.74, 6) is -1.17. The molecule has 0 saturated carbocycles. The summed E-state index contributed by atoms with van der Waals surface area (Å²) in [6.45, 7) is 6.07. The maximum absolute atomic E-state index is 12.8. The number of carboxylic acids is 1. The van der Waals surface area contributed by atoms with Crippen molar-refractivity contribution in [1.82, 2.24) is 14.7 Å². The van der Waals surface area contributed by atoms with E-state index in [4.69, 9.17) is 5.11 Å². The zero-order chi connectivity index (χ0) is 15.0. The van der Waals surface area contributed by atoms with E-state index in [2.05, 4.69) is 11.8 Å². The Bertz CT molecular complexity index is 428. The molecule has 21 heavy (non-hydrogen) atoms. The number of aliphatic carboxylic acids is 1. The van der Waals surface area contributed by atoms with Crippen molar-refractivity contribution in [3.05, 3.63) is 0 Å². The van der Waals surface area contributed by atoms with Crippen LogP contribution in [0.1, 0.15) is 32.6 Å². The van der Waals surface area contributed by atoms with E-state index in [0.29, 0.717) is 25.6 Å². The smallest absolute Gasteiger partial charge is 0.320 e. The Labute approximate surface area is 125 Å². The van der Waals surface area contributed by atoms with Crippen LogP contribution in [0.15, 0.2) is 0 Å². The first-order valence-corrected chi connectivity index (χ1v) is 8.08. The van der Waals surface area contributed by atoms with Crippen molar-refractivity contribution in [3.63, 3.8) is 0 Å². The summed E-state index contributed by atoms with van der Waals surface area (Å²) in [6, 6.07) is 0.766. The molecule has 2 unspecified atom stereocenters. The van der Waals surface area contributed by atoms with E-state index in [1.165, 1.54) is 12.8 Å². The molecular weight excluding hydrogens is 270 g/mol. The minimum absolute atomic E-state index is 0.0417. The van der Waals surface area contributed by atoms with Gasteiger partial charge in [-0.25, -0.2) is 4.79 Å². The summed E-state index contributed by atoms with van der Waals surface area (Å²) in [4.78, 5) is 30.1. The molecule has 0 aromatic rings. The summed E-state index contributed by atoms with van der Waals surface area (Å²) in [6.07, 6.45) is 3.88. The molecule has 1 N–H and O–H groups in total. The number of nitrogens with zero attached hydrogens (tertiary/aromatic N) is 3. The van der Waals surface area contributed by atoms with Crippen molar-refractivity contribution in [1.29, 1.82) is 0 Å². The lowest BCUT2D eigenvalue weighted by Crippen LogP contribution is -2.60. The molecule has 118 valence electrons. The number of carbonyl (C=O) groups is 2. The van der Waals surface area contributed by atoms with Gasteiger partial charge in [0.1, 0.15) is 0 Å². The maximum Gasteiger partial charge on any atom is 0.320 e. The Morgan fingerprint density at radius 2 is 1.81 bits per heavy atom. The van der Waals surface area contributed by atoms with Crippen LogP contribution in [-0.4, -0.2) is 76.6 Å². The SMILES string of the molecule is CC1CN2CCCC2CN1C(=O)N1CCC[C@@H](C(=O)O)C1. The summed E-state index contributed by atoms with van der Waals surface area (Å²) in [7, 11) is 0. The zero-order valence-electron chi connectivity index (χ0n) is 12.7. The van der Waals surface area contributed by atoms with Crippen LogP contribution in [0.5, 0.6) is 0 Å². The largest absolute Gasteiger partial charge is 0.481 e. The Hall–Kier alpha value is -1.30. The molecule has 3 rings (SSSR count). The van der Waals surface area contributed by atoms with Crippen LogP contribution >= 0.6 is 0 Å². The van der Waals surface area contributed by atoms with E-state index < -0.39 is 11.9 Å². The Morgan fingerprint density at radius 1 is 1.05 bits per heavy atom. The van der Waals surface area contributed by atoms with Crippen molar-refractivity contribution < 1.29 is 14.7 Å². The number of fused-ring (bicyclic) bond motifs is 1. The van der Waals surface area contributed by atoms with Crippen LogP contribution < -0.4 is 0 Å². The predicted molar refractivity (Wildman–Crippen MR) is 78.1 cm³/mol. The van der Waals surface area contributed by atoms with Gasteiger partial charge >= 0.3 is 12.0 Å². The van der Waals surface area contributed by atoms with Gasteiger partial charge in [0, 0.05) is 38.3 Å². The molecule has 3 aliphatic heterocycles. The van der Waals surface area contributed by atoms with E-state index in [9.17, 15) is 9.59 Å². The van der Waals surface area contributed by atoms with Gasteiger partial charge in [-0.05, 0) is 39.2 Å². The van der Waals surface area contributed by atoms with Crippen molar-refractivity contribution in [3.8, 4) is 0 Å². The first kappa shape index (κ1) is 14.6. The van der Waals surface area contributed by atoms with Gasteiger partial charge in [-0.3, -0.25) is 9.69 Å². The molecule has 0 aromatic heterocycles. The zero-order valence-corrected chi connectivity index (χ0v) is 12.7. The molecule has 3 fully saturated rings. The number of hydrogen-bond acceptors (Lipinski definition) is 3. The topological polar surface area (TPSA) is 64.1 Å². The van der Waals surface area contributed by atoms with Crippen molar-refractivity contribution in [2.45, 2.75) is 44.7 Å². The summed E-state index contributed by atoms with van der Waals surface area (Å²) in [5, 5.41) is 9.16. The second-order valence-corrected chi connectivity index (χ2v) is 6.70. The highest BCUT2D eigenvalue weighted by atomic mass is 16.4. The first-order valence-electron chi connectivity index (χ1n) is 8.08. The number of carboxylic acid groups (broad SMARTS) is 1. The van der Waals surface area contributed by atoms with Gasteiger partial charge in [0.2, 0.25) is 0 Å². The number of rotatable bonds is 1. The van der Waals surface area contributed by atoms with Gasteiger partial charge in [-0.15, -0.1) is 0 Å². The highest BCUT2D eigenvalue weighted by Crippen LogP contribution is 2.26. The molecular formula is C15H25N3O3. The minimum Gasteiger partial charge on any atom is -0.481 e. The van der Waals surface area contributed by atoms with Crippen LogP contribution in [0.25, 0.3) is 0 Å². The van der Waals surface area contributed by atoms with Crippen LogP contribution in [0.2, 0.25) is 0 Å². The van der Waals surface area contributed by atoms with E-state index in [-0.39, 0.29) is 12.1 Å². The van der Waals surface area contributed by atoms with Crippen LogP contribution in [0, 0.1) is 5.92 Å². The van der Waals surface area contributed by atoms with E-state index in [1.54, 1.807) is 4.90 Å². The molecule has 0 aromatic carbocycles. The summed E-state index contributed by atoms with van der Waals surface area (Å²) < 4.78 is 0. The molecule has 3 atom stereocenters. The van der Waals surface area contributed by atoms with Crippen molar-refractivity contribution in [2.75, 3.05) is 32.7 Å². The highest BCUT2D eigenvalue weighted by Gasteiger charge is 2.39. The number of likely N-dealkylation sites (tertiary alicyclic amines) is 1. The maximum atomic E-state index is 12.8. The lowest BCUT2D eigenvalue weighted by atomic mass is 9.98. The monoisotopic (exact) mass is 295 g/mol. The number of urea groups is 1. The molecule has 0 spiro atoms. The molecule has 0 radical (unpaired) electrons. The van der Waals surface area contributed by atoms with Crippen molar-refractivity contribution >= 4 is 12.0 Å². The lowest BCUT2D eigenvalue weighted by molar-refractivity contribution is -0.143. The van der Waals surface area contributed by atoms with Crippen LogP contribution in [0.4, 0.5) is 4.79 Å². The Balaban J connectivity index is 1.65. The third-order valence-corrected chi connectivity index (χ3v) is 5.22. The third-order valence-electron chi connectivity index (χ3n) is 5.22. The normalized spacial score (nSPS) is 33.9. The second-order valence-electron chi connectivity index (χ2n) is 6.70. The molecule has 3 heterocycles. The fourth-order valence-corrected chi connectivity index (χ4v) is 3.99. The fourth-order valence-electron chi connectivity index (χ4n) is 3.99. The number of piperidine rings is 1. The second kappa shape index (κ2) is 5.83. The average Bonchev–Trinajstić information content (AvgIpc) is 2.92. The molecule has 6 nitrogen and oxygen atoms in total. The van der Waals surface area contributed by atoms with Gasteiger partial charge in [0.15, 0.2) is 0 Å². The van der Waals surface area contributed by atoms with Gasteiger partial charge in [0.05, 0.1) is 5.92 Å².